The van der Waals surface area contributed by atoms with Crippen LogP contribution in [0.5, 0.6) is 0 Å². The zero-order valence-electron chi connectivity index (χ0n) is 11.5. The highest BCUT2D eigenvalue weighted by molar-refractivity contribution is 7.98. The molecule has 0 radical (unpaired) electrons. The molecule has 19 heavy (non-hydrogen) atoms. The molecule has 0 unspecified atom stereocenters. The number of unbranched alkanes of at least 4 members (excludes halogenated alkanes) is 3. The Morgan fingerprint density at radius 1 is 1.42 bits per heavy atom. The van der Waals surface area contributed by atoms with Gasteiger partial charge in [-0.3, -0.25) is 4.79 Å². The second kappa shape index (κ2) is 10.2. The molecule has 3 N–H and O–H groups in total. The molecule has 0 saturated carbocycles. The van der Waals surface area contributed by atoms with Crippen molar-refractivity contribution >= 4 is 29.0 Å². The van der Waals surface area contributed by atoms with Gasteiger partial charge in [-0.25, -0.2) is 4.98 Å². The van der Waals surface area contributed by atoms with E-state index >= 15 is 0 Å². The molecule has 1 aromatic heterocycles. The fourth-order valence-corrected chi connectivity index (χ4v) is 2.96. The molecular weight excluding hydrogens is 278 g/mol. The number of nitrogens with zero attached hydrogens (tertiary/aromatic N) is 1. The van der Waals surface area contributed by atoms with E-state index < -0.39 is 0 Å². The number of amides is 1. The predicted molar refractivity (Wildman–Crippen MR) is 84.1 cm³/mol. The number of nitrogens with two attached hydrogens (primary N) is 1. The SMILES string of the molecule is CSCCCCCCNC(=O)c1csc(CCN)n1. The first-order valence-corrected chi connectivity index (χ1v) is 8.97. The summed E-state index contributed by atoms with van der Waals surface area (Å²) >= 11 is 3.39. The van der Waals surface area contributed by atoms with E-state index in [1.54, 1.807) is 5.38 Å². The summed E-state index contributed by atoms with van der Waals surface area (Å²) in [5.41, 5.74) is 5.98. The fourth-order valence-electron chi connectivity index (χ4n) is 1.67. The minimum Gasteiger partial charge on any atom is -0.351 e. The van der Waals surface area contributed by atoms with Crippen LogP contribution in [0, 0.1) is 0 Å². The lowest BCUT2D eigenvalue weighted by molar-refractivity contribution is 0.0948. The number of aromatic nitrogens is 1. The van der Waals surface area contributed by atoms with Gasteiger partial charge in [0.25, 0.3) is 5.91 Å². The van der Waals surface area contributed by atoms with Gasteiger partial charge < -0.3 is 11.1 Å². The Hall–Kier alpha value is -0.590. The Balaban J connectivity index is 2.13. The van der Waals surface area contributed by atoms with Crippen molar-refractivity contribution in [1.82, 2.24) is 10.3 Å². The number of thiazole rings is 1. The number of thioether (sulfide) groups is 1. The van der Waals surface area contributed by atoms with Crippen LogP contribution in [0.3, 0.4) is 0 Å². The third-order valence-electron chi connectivity index (χ3n) is 2.70. The van der Waals surface area contributed by atoms with E-state index in [1.807, 2.05) is 11.8 Å². The molecule has 0 aliphatic heterocycles. The van der Waals surface area contributed by atoms with Crippen LogP contribution in [0.1, 0.15) is 41.2 Å². The molecular formula is C13H23N3OS2. The topological polar surface area (TPSA) is 68.0 Å². The molecule has 0 aliphatic rings. The van der Waals surface area contributed by atoms with Crippen molar-refractivity contribution in [2.24, 2.45) is 5.73 Å². The predicted octanol–water partition coefficient (Wildman–Crippen LogP) is 2.30. The largest absolute Gasteiger partial charge is 0.351 e. The summed E-state index contributed by atoms with van der Waals surface area (Å²) in [6, 6.07) is 0. The lowest BCUT2D eigenvalue weighted by Crippen LogP contribution is -2.24. The van der Waals surface area contributed by atoms with Crippen LogP contribution >= 0.6 is 23.1 Å². The van der Waals surface area contributed by atoms with E-state index in [2.05, 4.69) is 16.6 Å². The summed E-state index contributed by atoms with van der Waals surface area (Å²) in [5.74, 6) is 1.17. The lowest BCUT2D eigenvalue weighted by atomic mass is 10.2. The summed E-state index contributed by atoms with van der Waals surface area (Å²) < 4.78 is 0. The van der Waals surface area contributed by atoms with Crippen molar-refractivity contribution < 1.29 is 4.79 Å². The Kier molecular flexibility index (Phi) is 8.86. The van der Waals surface area contributed by atoms with Crippen molar-refractivity contribution in [3.8, 4) is 0 Å². The molecule has 0 spiro atoms. The first-order chi connectivity index (χ1) is 9.27. The second-order valence-corrected chi connectivity index (χ2v) is 6.26. The zero-order valence-corrected chi connectivity index (χ0v) is 13.1. The fraction of sp³-hybridized carbons (Fsp3) is 0.692. The van der Waals surface area contributed by atoms with E-state index in [9.17, 15) is 4.79 Å². The van der Waals surface area contributed by atoms with Gasteiger partial charge in [0, 0.05) is 18.3 Å². The molecule has 1 aromatic rings. The number of carbonyl (C=O) groups is 1. The van der Waals surface area contributed by atoms with Crippen molar-refractivity contribution in [1.29, 1.82) is 0 Å². The highest BCUT2D eigenvalue weighted by atomic mass is 32.2. The van der Waals surface area contributed by atoms with E-state index in [0.29, 0.717) is 12.2 Å². The number of hydrogen-bond donors (Lipinski definition) is 2. The molecule has 0 bridgehead atoms. The van der Waals surface area contributed by atoms with Crippen LogP contribution < -0.4 is 11.1 Å². The zero-order chi connectivity index (χ0) is 13.9. The van der Waals surface area contributed by atoms with E-state index in [4.69, 9.17) is 5.73 Å². The minimum absolute atomic E-state index is 0.0661. The van der Waals surface area contributed by atoms with Crippen LogP contribution in [0.4, 0.5) is 0 Å². The third-order valence-corrected chi connectivity index (χ3v) is 4.31. The van der Waals surface area contributed by atoms with Gasteiger partial charge in [-0.15, -0.1) is 11.3 Å². The normalized spacial score (nSPS) is 10.6. The maximum Gasteiger partial charge on any atom is 0.270 e. The maximum absolute atomic E-state index is 11.8. The number of hydrogen-bond acceptors (Lipinski definition) is 5. The first kappa shape index (κ1) is 16.5. The molecule has 0 saturated heterocycles. The summed E-state index contributed by atoms with van der Waals surface area (Å²) in [7, 11) is 0. The van der Waals surface area contributed by atoms with Crippen LogP contribution in [0.2, 0.25) is 0 Å². The maximum atomic E-state index is 11.8. The van der Waals surface area contributed by atoms with Gasteiger partial charge in [0.05, 0.1) is 5.01 Å². The minimum atomic E-state index is -0.0661. The average molecular weight is 301 g/mol. The van der Waals surface area contributed by atoms with Gasteiger partial charge in [0.2, 0.25) is 0 Å². The van der Waals surface area contributed by atoms with E-state index in [0.717, 1.165) is 24.4 Å². The highest BCUT2D eigenvalue weighted by Crippen LogP contribution is 2.10. The second-order valence-electron chi connectivity index (χ2n) is 4.33. The Labute approximate surface area is 123 Å². The van der Waals surface area contributed by atoms with Crippen LogP contribution in [-0.2, 0) is 6.42 Å². The van der Waals surface area contributed by atoms with Crippen molar-refractivity contribution in [2.45, 2.75) is 32.1 Å². The molecule has 0 aliphatic carbocycles. The molecule has 0 atom stereocenters. The van der Waals surface area contributed by atoms with Crippen molar-refractivity contribution in [3.63, 3.8) is 0 Å². The molecule has 4 nitrogen and oxygen atoms in total. The summed E-state index contributed by atoms with van der Waals surface area (Å²) in [4.78, 5) is 16.1. The van der Waals surface area contributed by atoms with E-state index in [-0.39, 0.29) is 5.91 Å². The first-order valence-electron chi connectivity index (χ1n) is 6.69. The van der Waals surface area contributed by atoms with Gasteiger partial charge in [-0.2, -0.15) is 11.8 Å². The van der Waals surface area contributed by atoms with Crippen LogP contribution in [0.15, 0.2) is 5.38 Å². The number of carbonyl (C=O) groups excluding carboxylic acids is 1. The smallest absolute Gasteiger partial charge is 0.270 e. The Morgan fingerprint density at radius 2 is 2.21 bits per heavy atom. The molecule has 0 fully saturated rings. The van der Waals surface area contributed by atoms with Gasteiger partial charge in [-0.05, 0) is 31.4 Å². The average Bonchev–Trinajstić information content (AvgIpc) is 2.87. The third kappa shape index (κ3) is 6.94. The van der Waals surface area contributed by atoms with Gasteiger partial charge in [0.1, 0.15) is 5.69 Å². The molecule has 1 heterocycles. The standard InChI is InChI=1S/C13H23N3OS2/c1-18-9-5-3-2-4-8-15-13(17)11-10-19-12(16-11)6-7-14/h10H,2-9,14H2,1H3,(H,15,17). The lowest BCUT2D eigenvalue weighted by Gasteiger charge is -2.03. The number of nitrogens with one attached hydrogen (secondary N) is 1. The quantitative estimate of drug-likeness (QED) is 0.651. The molecule has 1 rings (SSSR count). The molecule has 6 heteroatoms. The van der Waals surface area contributed by atoms with Gasteiger partial charge >= 0.3 is 0 Å². The highest BCUT2D eigenvalue weighted by Gasteiger charge is 2.09. The van der Waals surface area contributed by atoms with Crippen LogP contribution in [-0.4, -0.2) is 36.0 Å². The summed E-state index contributed by atoms with van der Waals surface area (Å²) in [6.07, 6.45) is 7.61. The Morgan fingerprint density at radius 3 is 2.95 bits per heavy atom. The molecule has 1 amide bonds. The monoisotopic (exact) mass is 301 g/mol. The summed E-state index contributed by atoms with van der Waals surface area (Å²) in [6.45, 7) is 1.31. The molecule has 108 valence electrons. The number of rotatable bonds is 10. The van der Waals surface area contributed by atoms with Crippen molar-refractivity contribution in [2.75, 3.05) is 25.1 Å². The molecule has 0 aromatic carbocycles. The van der Waals surface area contributed by atoms with E-state index in [1.165, 1.54) is 36.4 Å². The summed E-state index contributed by atoms with van der Waals surface area (Å²) in [5, 5.41) is 5.65. The van der Waals surface area contributed by atoms with Gasteiger partial charge in [0.15, 0.2) is 0 Å². The Bertz CT molecular complexity index is 369. The van der Waals surface area contributed by atoms with Crippen LogP contribution in [0.25, 0.3) is 0 Å². The van der Waals surface area contributed by atoms with Crippen molar-refractivity contribution in [3.05, 3.63) is 16.1 Å². The van der Waals surface area contributed by atoms with Gasteiger partial charge in [-0.1, -0.05) is 12.8 Å².